The van der Waals surface area contributed by atoms with Gasteiger partial charge >= 0.3 is 0 Å². The minimum absolute atomic E-state index is 0.701. The molecule has 0 heterocycles. The Kier molecular flexibility index (Phi) is 6.50. The summed E-state index contributed by atoms with van der Waals surface area (Å²) in [5.41, 5.74) is 0. The first-order chi connectivity index (χ1) is 8.17. The molecule has 1 aliphatic rings. The highest BCUT2D eigenvalue weighted by Crippen LogP contribution is 2.31. The molecule has 102 valence electrons. The molecule has 0 amide bonds. The largest absolute Gasteiger partial charge is 0.315 e. The minimum atomic E-state index is 0.701. The lowest BCUT2D eigenvalue weighted by molar-refractivity contribution is 0.0702. The molecule has 2 heteroatoms. The van der Waals surface area contributed by atoms with Crippen molar-refractivity contribution in [1.29, 1.82) is 0 Å². The van der Waals surface area contributed by atoms with Crippen LogP contribution in [0.5, 0.6) is 0 Å². The molecule has 0 aromatic carbocycles. The lowest BCUT2D eigenvalue weighted by Crippen LogP contribution is -2.54. The molecule has 4 atom stereocenters. The lowest BCUT2D eigenvalue weighted by Gasteiger charge is -2.44. The molecule has 1 fully saturated rings. The van der Waals surface area contributed by atoms with Crippen molar-refractivity contribution >= 4 is 0 Å². The topological polar surface area (TPSA) is 15.3 Å². The molecule has 0 aliphatic heterocycles. The van der Waals surface area contributed by atoms with Gasteiger partial charge in [0.25, 0.3) is 0 Å². The molecule has 0 aromatic heterocycles. The molecule has 2 nitrogen and oxygen atoms in total. The van der Waals surface area contributed by atoms with E-state index in [4.69, 9.17) is 0 Å². The third-order valence-electron chi connectivity index (χ3n) is 4.82. The molecule has 1 N–H and O–H groups in total. The highest BCUT2D eigenvalue weighted by atomic mass is 15.2. The number of nitrogens with zero attached hydrogens (tertiary/aromatic N) is 1. The fourth-order valence-corrected chi connectivity index (χ4v) is 3.41. The van der Waals surface area contributed by atoms with Crippen LogP contribution >= 0.6 is 0 Å². The predicted octanol–water partition coefficient (Wildman–Crippen LogP) is 3.27. The maximum Gasteiger partial charge on any atom is 0.0254 e. The summed E-state index contributed by atoms with van der Waals surface area (Å²) in [7, 11) is 2.13. The highest BCUT2D eigenvalue weighted by Gasteiger charge is 2.33. The summed E-state index contributed by atoms with van der Waals surface area (Å²) in [6, 6.07) is 2.17. The monoisotopic (exact) mass is 240 g/mol. The normalized spacial score (nSPS) is 31.8. The van der Waals surface area contributed by atoms with Gasteiger partial charge in [0.05, 0.1) is 0 Å². The van der Waals surface area contributed by atoms with E-state index in [0.29, 0.717) is 6.04 Å². The van der Waals surface area contributed by atoms with Gasteiger partial charge in [-0.3, -0.25) is 4.90 Å². The Morgan fingerprint density at radius 3 is 2.41 bits per heavy atom. The predicted molar refractivity (Wildman–Crippen MR) is 76.4 cm³/mol. The van der Waals surface area contributed by atoms with Crippen LogP contribution in [-0.2, 0) is 0 Å². The average Bonchev–Trinajstić information content (AvgIpc) is 2.39. The van der Waals surface area contributed by atoms with Crippen LogP contribution in [0.4, 0.5) is 0 Å². The average molecular weight is 240 g/mol. The number of nitrogens with one attached hydrogen (secondary N) is 1. The molecule has 0 bridgehead atoms. The van der Waals surface area contributed by atoms with Gasteiger partial charge in [0, 0.05) is 18.1 Å². The Morgan fingerprint density at radius 2 is 1.94 bits per heavy atom. The Bertz CT molecular complexity index is 205. The van der Waals surface area contributed by atoms with E-state index in [-0.39, 0.29) is 0 Å². The van der Waals surface area contributed by atoms with Gasteiger partial charge in [0.2, 0.25) is 0 Å². The van der Waals surface area contributed by atoms with Crippen LogP contribution < -0.4 is 5.32 Å². The molecule has 1 rings (SSSR count). The van der Waals surface area contributed by atoms with Crippen molar-refractivity contribution in [2.24, 2.45) is 5.92 Å². The highest BCUT2D eigenvalue weighted by molar-refractivity contribution is 4.91. The van der Waals surface area contributed by atoms with Gasteiger partial charge in [0.1, 0.15) is 0 Å². The number of likely N-dealkylation sites (N-methyl/N-ethyl adjacent to an activating group) is 2. The third-order valence-corrected chi connectivity index (χ3v) is 4.82. The summed E-state index contributed by atoms with van der Waals surface area (Å²) < 4.78 is 0. The zero-order chi connectivity index (χ0) is 12.8. The second-order valence-electron chi connectivity index (χ2n) is 5.64. The summed E-state index contributed by atoms with van der Waals surface area (Å²) >= 11 is 0. The molecule has 17 heavy (non-hydrogen) atoms. The van der Waals surface area contributed by atoms with Crippen LogP contribution in [0.3, 0.4) is 0 Å². The van der Waals surface area contributed by atoms with Gasteiger partial charge in [-0.2, -0.15) is 0 Å². The standard InChI is InChI=1S/C15H32N2/c1-6-12(4)17(8-3)15-11-13(7-2)9-10-14(15)16-5/h12-16H,6-11H2,1-5H3. The zero-order valence-corrected chi connectivity index (χ0v) is 12.5. The van der Waals surface area contributed by atoms with Crippen LogP contribution in [0, 0.1) is 5.92 Å². The number of hydrogen-bond acceptors (Lipinski definition) is 2. The molecule has 0 saturated heterocycles. The van der Waals surface area contributed by atoms with Crippen LogP contribution in [-0.4, -0.2) is 36.6 Å². The molecule has 0 radical (unpaired) electrons. The van der Waals surface area contributed by atoms with Crippen molar-refractivity contribution in [2.75, 3.05) is 13.6 Å². The second-order valence-corrected chi connectivity index (χ2v) is 5.64. The summed E-state index contributed by atoms with van der Waals surface area (Å²) in [4.78, 5) is 2.73. The quantitative estimate of drug-likeness (QED) is 0.766. The Hall–Kier alpha value is -0.0800. The van der Waals surface area contributed by atoms with Crippen molar-refractivity contribution in [2.45, 2.75) is 77.9 Å². The molecular formula is C15H32N2. The fraction of sp³-hybridized carbons (Fsp3) is 1.00. The van der Waals surface area contributed by atoms with E-state index in [2.05, 4.69) is 45.0 Å². The maximum atomic E-state index is 3.55. The van der Waals surface area contributed by atoms with E-state index in [0.717, 1.165) is 18.0 Å². The van der Waals surface area contributed by atoms with E-state index in [9.17, 15) is 0 Å². The molecule has 1 aliphatic carbocycles. The number of hydrogen-bond donors (Lipinski definition) is 1. The van der Waals surface area contributed by atoms with Crippen LogP contribution in [0.1, 0.15) is 59.8 Å². The van der Waals surface area contributed by atoms with E-state index in [1.807, 2.05) is 0 Å². The summed E-state index contributed by atoms with van der Waals surface area (Å²) in [6.45, 7) is 10.5. The molecule has 1 saturated carbocycles. The molecule has 0 aromatic rings. The van der Waals surface area contributed by atoms with Gasteiger partial charge in [-0.15, -0.1) is 0 Å². The number of rotatable bonds is 6. The van der Waals surface area contributed by atoms with Crippen molar-refractivity contribution < 1.29 is 0 Å². The van der Waals surface area contributed by atoms with Gasteiger partial charge in [0.15, 0.2) is 0 Å². The van der Waals surface area contributed by atoms with Crippen molar-refractivity contribution in [1.82, 2.24) is 10.2 Å². The van der Waals surface area contributed by atoms with Crippen LogP contribution in [0.15, 0.2) is 0 Å². The van der Waals surface area contributed by atoms with Gasteiger partial charge in [-0.25, -0.2) is 0 Å². The van der Waals surface area contributed by atoms with Gasteiger partial charge in [-0.05, 0) is 52.1 Å². The SMILES string of the molecule is CCC1CCC(NC)C(N(CC)C(C)CC)C1. The molecule has 4 unspecified atom stereocenters. The molecule has 0 spiro atoms. The first kappa shape index (κ1) is 15.0. The summed E-state index contributed by atoms with van der Waals surface area (Å²) in [5.74, 6) is 0.947. The van der Waals surface area contributed by atoms with Gasteiger partial charge in [-0.1, -0.05) is 27.2 Å². The Labute approximate surface area is 108 Å². The molecular weight excluding hydrogens is 208 g/mol. The summed E-state index contributed by atoms with van der Waals surface area (Å²) in [5, 5.41) is 3.55. The van der Waals surface area contributed by atoms with E-state index < -0.39 is 0 Å². The first-order valence-corrected chi connectivity index (χ1v) is 7.60. The first-order valence-electron chi connectivity index (χ1n) is 7.60. The van der Waals surface area contributed by atoms with E-state index in [1.54, 1.807) is 0 Å². The fourth-order valence-electron chi connectivity index (χ4n) is 3.41. The third kappa shape index (κ3) is 3.69. The van der Waals surface area contributed by atoms with E-state index >= 15 is 0 Å². The van der Waals surface area contributed by atoms with Crippen molar-refractivity contribution in [3.8, 4) is 0 Å². The van der Waals surface area contributed by atoms with E-state index in [1.165, 1.54) is 38.6 Å². The maximum absolute atomic E-state index is 3.55. The lowest BCUT2D eigenvalue weighted by atomic mass is 9.80. The Morgan fingerprint density at radius 1 is 1.24 bits per heavy atom. The Balaban J connectivity index is 2.72. The van der Waals surface area contributed by atoms with Gasteiger partial charge < -0.3 is 5.32 Å². The van der Waals surface area contributed by atoms with Crippen LogP contribution in [0.2, 0.25) is 0 Å². The second kappa shape index (κ2) is 7.38. The minimum Gasteiger partial charge on any atom is -0.315 e. The van der Waals surface area contributed by atoms with Crippen molar-refractivity contribution in [3.63, 3.8) is 0 Å². The van der Waals surface area contributed by atoms with Crippen LogP contribution in [0.25, 0.3) is 0 Å². The summed E-state index contributed by atoms with van der Waals surface area (Å²) in [6.07, 6.45) is 6.77. The smallest absolute Gasteiger partial charge is 0.0254 e. The zero-order valence-electron chi connectivity index (χ0n) is 12.5. The van der Waals surface area contributed by atoms with Crippen molar-refractivity contribution in [3.05, 3.63) is 0 Å².